The maximum Gasteiger partial charge on any atom is 0.188 e. The summed E-state index contributed by atoms with van der Waals surface area (Å²) in [7, 11) is 0. The minimum absolute atomic E-state index is 0.101. The van der Waals surface area contributed by atoms with Crippen molar-refractivity contribution in [1.29, 1.82) is 0 Å². The largest absolute Gasteiger partial charge is 0.381 e. The van der Waals surface area contributed by atoms with E-state index in [-0.39, 0.29) is 5.41 Å². The Morgan fingerprint density at radius 2 is 1.85 bits per heavy atom. The Kier molecular flexibility index (Phi) is 7.76. The maximum absolute atomic E-state index is 6.49. The summed E-state index contributed by atoms with van der Waals surface area (Å²) in [5, 5.41) is 4.05. The van der Waals surface area contributed by atoms with E-state index in [1.54, 1.807) is 0 Å². The van der Waals surface area contributed by atoms with Crippen molar-refractivity contribution in [3.8, 4) is 0 Å². The van der Waals surface area contributed by atoms with Gasteiger partial charge in [-0.2, -0.15) is 0 Å². The van der Waals surface area contributed by atoms with Crippen molar-refractivity contribution < 1.29 is 9.47 Å². The van der Waals surface area contributed by atoms with Crippen LogP contribution in [0.1, 0.15) is 24.8 Å². The first kappa shape index (κ1) is 20.4. The van der Waals surface area contributed by atoms with E-state index in [2.05, 4.69) is 21.3 Å². The molecule has 0 unspecified atom stereocenters. The normalized spacial score (nSPS) is 21.1. The number of rotatable bonds is 7. The van der Waals surface area contributed by atoms with Crippen LogP contribution in [-0.4, -0.2) is 70.0 Å². The number of nitrogens with two attached hydrogens (primary N) is 1. The van der Waals surface area contributed by atoms with Crippen molar-refractivity contribution in [2.45, 2.75) is 24.7 Å². The van der Waals surface area contributed by atoms with Gasteiger partial charge in [-0.25, -0.2) is 0 Å². The Hall–Kier alpha value is -1.34. The van der Waals surface area contributed by atoms with Crippen LogP contribution in [0.15, 0.2) is 29.3 Å². The molecule has 1 aromatic carbocycles. The second-order valence-corrected chi connectivity index (χ2v) is 7.72. The summed E-state index contributed by atoms with van der Waals surface area (Å²) in [6, 6.07) is 8.06. The van der Waals surface area contributed by atoms with Crippen molar-refractivity contribution in [2.75, 3.05) is 59.2 Å². The highest BCUT2D eigenvalue weighted by molar-refractivity contribution is 6.31. The molecule has 2 aliphatic heterocycles. The van der Waals surface area contributed by atoms with Crippen molar-refractivity contribution in [1.82, 2.24) is 10.2 Å². The van der Waals surface area contributed by atoms with Crippen molar-refractivity contribution in [3.05, 3.63) is 34.9 Å². The summed E-state index contributed by atoms with van der Waals surface area (Å²) in [5.74, 6) is 0.509. The molecule has 2 saturated heterocycles. The molecule has 1 aromatic rings. The predicted octanol–water partition coefficient (Wildman–Crippen LogP) is 2.01. The fraction of sp³-hybridized carbons (Fsp3) is 0.650. The van der Waals surface area contributed by atoms with Gasteiger partial charge >= 0.3 is 0 Å². The van der Waals surface area contributed by atoms with Gasteiger partial charge in [0.05, 0.1) is 19.8 Å². The molecular formula is C20H31ClN4O2. The third-order valence-electron chi connectivity index (χ3n) is 5.51. The lowest BCUT2D eigenvalue weighted by Crippen LogP contribution is -2.40. The number of nitrogens with one attached hydrogen (secondary N) is 1. The molecule has 7 heteroatoms. The van der Waals surface area contributed by atoms with Crippen molar-refractivity contribution >= 4 is 17.6 Å². The van der Waals surface area contributed by atoms with Crippen LogP contribution in [0.25, 0.3) is 0 Å². The van der Waals surface area contributed by atoms with Gasteiger partial charge in [0.25, 0.3) is 0 Å². The third kappa shape index (κ3) is 5.82. The number of nitrogens with zero attached hydrogens (tertiary/aromatic N) is 2. The SMILES string of the molecule is NC(=NCC1(c2ccccc2Cl)CCOCC1)NCCCN1CCOCC1. The number of halogens is 1. The maximum atomic E-state index is 6.49. The van der Waals surface area contributed by atoms with E-state index in [9.17, 15) is 0 Å². The first-order chi connectivity index (χ1) is 13.2. The highest BCUT2D eigenvalue weighted by atomic mass is 35.5. The van der Waals surface area contributed by atoms with E-state index < -0.39 is 0 Å². The Bertz CT molecular complexity index is 614. The molecular weight excluding hydrogens is 364 g/mol. The average Bonchev–Trinajstić information content (AvgIpc) is 2.71. The lowest BCUT2D eigenvalue weighted by molar-refractivity contribution is 0.0376. The molecule has 0 aliphatic carbocycles. The minimum Gasteiger partial charge on any atom is -0.381 e. The van der Waals surface area contributed by atoms with Gasteiger partial charge in [-0.15, -0.1) is 0 Å². The lowest BCUT2D eigenvalue weighted by Gasteiger charge is -2.37. The highest BCUT2D eigenvalue weighted by Crippen LogP contribution is 2.38. The molecule has 27 heavy (non-hydrogen) atoms. The van der Waals surface area contributed by atoms with Gasteiger partial charge in [-0.05, 0) is 37.4 Å². The first-order valence-corrected chi connectivity index (χ1v) is 10.2. The Balaban J connectivity index is 1.52. The molecule has 0 spiro atoms. The number of hydrogen-bond acceptors (Lipinski definition) is 4. The van der Waals surface area contributed by atoms with E-state index in [4.69, 9.17) is 26.8 Å². The number of benzene rings is 1. The molecule has 0 radical (unpaired) electrons. The molecule has 6 nitrogen and oxygen atoms in total. The average molecular weight is 395 g/mol. The standard InChI is InChI=1S/C20H31ClN4O2/c21-18-5-2-1-4-17(18)20(6-12-26-13-7-20)16-24-19(22)23-8-3-9-25-10-14-27-15-11-25/h1-2,4-5H,3,6-16H2,(H3,22,23,24). The zero-order valence-corrected chi connectivity index (χ0v) is 16.7. The Morgan fingerprint density at radius 3 is 2.59 bits per heavy atom. The van der Waals surface area contributed by atoms with Gasteiger partial charge in [0.2, 0.25) is 0 Å². The van der Waals surface area contributed by atoms with Crippen LogP contribution in [0.4, 0.5) is 0 Å². The van der Waals surface area contributed by atoms with Gasteiger partial charge in [0, 0.05) is 43.3 Å². The Morgan fingerprint density at radius 1 is 1.15 bits per heavy atom. The van der Waals surface area contributed by atoms with Crippen LogP contribution in [0.2, 0.25) is 5.02 Å². The monoisotopic (exact) mass is 394 g/mol. The fourth-order valence-corrected chi connectivity index (χ4v) is 4.14. The zero-order chi connectivity index (χ0) is 19.0. The molecule has 3 N–H and O–H groups in total. The van der Waals surface area contributed by atoms with Crippen LogP contribution >= 0.6 is 11.6 Å². The number of morpholine rings is 1. The van der Waals surface area contributed by atoms with Crippen molar-refractivity contribution in [3.63, 3.8) is 0 Å². The van der Waals surface area contributed by atoms with Gasteiger partial charge < -0.3 is 20.5 Å². The summed E-state index contributed by atoms with van der Waals surface area (Å²) in [4.78, 5) is 7.08. The number of guanidine groups is 1. The predicted molar refractivity (Wildman–Crippen MR) is 110 cm³/mol. The van der Waals surface area contributed by atoms with Gasteiger partial charge in [0.15, 0.2) is 5.96 Å². The van der Waals surface area contributed by atoms with Crippen LogP contribution in [-0.2, 0) is 14.9 Å². The molecule has 2 aliphatic rings. The van der Waals surface area contributed by atoms with E-state index in [0.717, 1.165) is 82.5 Å². The van der Waals surface area contributed by atoms with E-state index >= 15 is 0 Å². The summed E-state index contributed by atoms with van der Waals surface area (Å²) >= 11 is 6.49. The van der Waals surface area contributed by atoms with E-state index in [1.165, 1.54) is 0 Å². The summed E-state index contributed by atoms with van der Waals surface area (Å²) in [6.07, 6.45) is 2.86. The Labute approximate surface area is 167 Å². The summed E-state index contributed by atoms with van der Waals surface area (Å²) < 4.78 is 11.0. The van der Waals surface area contributed by atoms with Crippen LogP contribution in [0.5, 0.6) is 0 Å². The smallest absolute Gasteiger partial charge is 0.188 e. The van der Waals surface area contributed by atoms with Crippen molar-refractivity contribution in [2.24, 2.45) is 10.7 Å². The second-order valence-electron chi connectivity index (χ2n) is 7.31. The first-order valence-electron chi connectivity index (χ1n) is 9.86. The molecule has 0 aromatic heterocycles. The fourth-order valence-electron chi connectivity index (χ4n) is 3.80. The molecule has 0 saturated carbocycles. The lowest BCUT2D eigenvalue weighted by atomic mass is 9.74. The number of aliphatic imine (C=N–C) groups is 1. The quantitative estimate of drug-likeness (QED) is 0.420. The van der Waals surface area contributed by atoms with Crippen LogP contribution < -0.4 is 11.1 Å². The van der Waals surface area contributed by atoms with Crippen LogP contribution in [0, 0.1) is 0 Å². The zero-order valence-electron chi connectivity index (χ0n) is 16.0. The molecule has 0 bridgehead atoms. The van der Waals surface area contributed by atoms with E-state index in [0.29, 0.717) is 12.5 Å². The summed E-state index contributed by atoms with van der Waals surface area (Å²) in [6.45, 7) is 7.69. The number of ether oxygens (including phenoxy) is 2. The number of hydrogen-bond donors (Lipinski definition) is 2. The highest BCUT2D eigenvalue weighted by Gasteiger charge is 2.35. The van der Waals surface area contributed by atoms with E-state index in [1.807, 2.05) is 18.2 Å². The van der Waals surface area contributed by atoms with Gasteiger partial charge in [-0.1, -0.05) is 29.8 Å². The van der Waals surface area contributed by atoms with Gasteiger partial charge in [-0.3, -0.25) is 9.89 Å². The van der Waals surface area contributed by atoms with Crippen LogP contribution in [0.3, 0.4) is 0 Å². The van der Waals surface area contributed by atoms with Gasteiger partial charge in [0.1, 0.15) is 0 Å². The molecule has 0 amide bonds. The molecule has 150 valence electrons. The molecule has 3 rings (SSSR count). The molecule has 2 fully saturated rings. The molecule has 2 heterocycles. The summed E-state index contributed by atoms with van der Waals surface area (Å²) in [5.41, 5.74) is 7.18. The minimum atomic E-state index is -0.101. The topological polar surface area (TPSA) is 72.1 Å². The second kappa shape index (κ2) is 10.3. The molecule has 0 atom stereocenters. The third-order valence-corrected chi connectivity index (χ3v) is 5.84.